The number of hydrogen-bond donors (Lipinski definition) is 2. The number of carboxylic acids is 1. The Labute approximate surface area is 183 Å². The first-order valence-corrected chi connectivity index (χ1v) is 11.1. The third kappa shape index (κ3) is 3.58. The van der Waals surface area contributed by atoms with E-state index in [4.69, 9.17) is 0 Å². The van der Waals surface area contributed by atoms with Crippen LogP contribution in [0.15, 0.2) is 6.20 Å². The number of alkyl halides is 2. The number of fused-ring (bicyclic) bond motifs is 1. The van der Waals surface area contributed by atoms with Crippen LogP contribution >= 0.6 is 43.6 Å². The minimum absolute atomic E-state index is 0.0337. The fourth-order valence-corrected chi connectivity index (χ4v) is 6.27. The average molecular weight is 539 g/mol. The number of carbonyl (C=O) groups is 3. The number of β-lactam (4-membered cyclic amide) rings is 1. The number of nitrogens with one attached hydrogen (secondary N) is 1. The summed E-state index contributed by atoms with van der Waals surface area (Å²) in [6, 6.07) is -1.13. The van der Waals surface area contributed by atoms with Crippen LogP contribution in [0.1, 0.15) is 38.2 Å². The number of aliphatic carboxylic acids is 1. The van der Waals surface area contributed by atoms with Crippen LogP contribution < -0.4 is 5.32 Å². The molecule has 0 spiro atoms. The van der Waals surface area contributed by atoms with Crippen LogP contribution in [0.3, 0.4) is 0 Å². The number of rotatable bonds is 6. The van der Waals surface area contributed by atoms with Crippen LogP contribution in [0.25, 0.3) is 0 Å². The van der Waals surface area contributed by atoms with E-state index in [0.29, 0.717) is 6.54 Å². The lowest BCUT2D eigenvalue weighted by Gasteiger charge is -2.47. The van der Waals surface area contributed by atoms with Crippen molar-refractivity contribution >= 4 is 61.4 Å². The zero-order chi connectivity index (χ0) is 21.0. The lowest BCUT2D eigenvalue weighted by Crippen LogP contribution is -2.67. The second-order valence-corrected chi connectivity index (χ2v) is 13.1. The van der Waals surface area contributed by atoms with Gasteiger partial charge in [-0.1, -0.05) is 50.9 Å². The molecule has 0 unspecified atom stereocenters. The van der Waals surface area contributed by atoms with Gasteiger partial charge in [0, 0.05) is 4.75 Å². The molecule has 0 saturated carbocycles. The van der Waals surface area contributed by atoms with Gasteiger partial charge in [0.2, 0.25) is 0 Å². The lowest BCUT2D eigenvalue weighted by molar-refractivity contribution is -0.144. The molecule has 1 aromatic heterocycles. The van der Waals surface area contributed by atoms with Gasteiger partial charge >= 0.3 is 5.97 Å². The molecule has 2 fully saturated rings. The third-order valence-electron chi connectivity index (χ3n) is 4.99. The predicted molar refractivity (Wildman–Crippen MR) is 110 cm³/mol. The number of carbonyl (C=O) groups excluding carboxylic acids is 2. The van der Waals surface area contributed by atoms with Gasteiger partial charge in [-0.25, -0.2) is 9.48 Å². The second-order valence-electron chi connectivity index (χ2n) is 7.78. The van der Waals surface area contributed by atoms with Crippen molar-refractivity contribution in [2.75, 3.05) is 0 Å². The molecule has 0 bridgehead atoms. The standard InChI is InChI=1S/C16H21Br2N5O4S/c1-7(2)10(12(25)26)19-11(24)8-5-22(21-20-8)6-9-15(3,4)28-14-16(17,18)13(27)23(9)14/h5,7,9-10,14H,6H2,1-4H3,(H,19,24)(H,25,26)/t9-,10-,14+/m0/s1. The van der Waals surface area contributed by atoms with Gasteiger partial charge in [-0.3, -0.25) is 9.59 Å². The highest BCUT2D eigenvalue weighted by Gasteiger charge is 2.68. The summed E-state index contributed by atoms with van der Waals surface area (Å²) in [5.74, 6) is -2.00. The van der Waals surface area contributed by atoms with E-state index in [1.165, 1.54) is 10.9 Å². The molecule has 0 radical (unpaired) electrons. The van der Waals surface area contributed by atoms with Crippen molar-refractivity contribution in [2.24, 2.45) is 5.92 Å². The Balaban J connectivity index is 1.72. The Morgan fingerprint density at radius 3 is 2.61 bits per heavy atom. The maximum atomic E-state index is 12.5. The van der Waals surface area contributed by atoms with Gasteiger partial charge in [-0.15, -0.1) is 16.9 Å². The van der Waals surface area contributed by atoms with Crippen molar-refractivity contribution in [3.63, 3.8) is 0 Å². The zero-order valence-electron chi connectivity index (χ0n) is 15.7. The zero-order valence-corrected chi connectivity index (χ0v) is 19.7. The fourth-order valence-electron chi connectivity index (χ4n) is 3.34. The minimum Gasteiger partial charge on any atom is -0.480 e. The molecule has 12 heteroatoms. The topological polar surface area (TPSA) is 117 Å². The van der Waals surface area contributed by atoms with E-state index >= 15 is 0 Å². The molecule has 9 nitrogen and oxygen atoms in total. The Kier molecular flexibility index (Phi) is 5.61. The average Bonchev–Trinajstić information content (AvgIpc) is 3.14. The summed E-state index contributed by atoms with van der Waals surface area (Å²) in [5, 5.41) is 19.5. The molecule has 28 heavy (non-hydrogen) atoms. The van der Waals surface area contributed by atoms with Crippen LogP contribution in [0.4, 0.5) is 0 Å². The first kappa shape index (κ1) is 21.6. The highest BCUT2D eigenvalue weighted by molar-refractivity contribution is 9.26. The van der Waals surface area contributed by atoms with Crippen molar-refractivity contribution in [1.29, 1.82) is 0 Å². The summed E-state index contributed by atoms with van der Waals surface area (Å²) in [4.78, 5) is 37.9. The Morgan fingerprint density at radius 1 is 1.39 bits per heavy atom. The number of hydrogen-bond acceptors (Lipinski definition) is 6. The van der Waals surface area contributed by atoms with Crippen LogP contribution in [0.2, 0.25) is 0 Å². The molecule has 3 atom stereocenters. The van der Waals surface area contributed by atoms with Gasteiger partial charge in [0.1, 0.15) is 11.4 Å². The van der Waals surface area contributed by atoms with Crippen molar-refractivity contribution in [2.45, 2.75) is 59.7 Å². The Morgan fingerprint density at radius 2 is 2.04 bits per heavy atom. The summed E-state index contributed by atoms with van der Waals surface area (Å²) >= 11 is 8.57. The Bertz CT molecular complexity index is 828. The molecule has 0 aromatic carbocycles. The van der Waals surface area contributed by atoms with E-state index < -0.39 is 21.2 Å². The Hall–Kier alpha value is -1.14. The molecule has 3 rings (SSSR count). The summed E-state index contributed by atoms with van der Waals surface area (Å²) in [6.45, 7) is 7.93. The van der Waals surface area contributed by atoms with Crippen LogP contribution in [0, 0.1) is 5.92 Å². The normalized spacial score (nSPS) is 26.0. The van der Waals surface area contributed by atoms with Gasteiger partial charge in [0.25, 0.3) is 11.8 Å². The quantitative estimate of drug-likeness (QED) is 0.418. The number of thioether (sulfide) groups is 1. The number of carboxylic acid groups (broad SMARTS) is 1. The molecule has 3 heterocycles. The number of amides is 2. The lowest BCUT2D eigenvalue weighted by atomic mass is 9.98. The molecule has 2 N–H and O–H groups in total. The molecule has 2 aliphatic rings. The smallest absolute Gasteiger partial charge is 0.326 e. The van der Waals surface area contributed by atoms with Crippen molar-refractivity contribution < 1.29 is 19.5 Å². The molecular weight excluding hydrogens is 518 g/mol. The number of nitrogens with zero attached hydrogens (tertiary/aromatic N) is 4. The second kappa shape index (κ2) is 7.28. The van der Waals surface area contributed by atoms with E-state index in [-0.39, 0.29) is 33.7 Å². The first-order valence-electron chi connectivity index (χ1n) is 8.68. The van der Waals surface area contributed by atoms with Gasteiger partial charge < -0.3 is 15.3 Å². The monoisotopic (exact) mass is 537 g/mol. The predicted octanol–water partition coefficient (Wildman–Crippen LogP) is 1.67. The van der Waals surface area contributed by atoms with Crippen molar-refractivity contribution in [1.82, 2.24) is 25.2 Å². The fraction of sp³-hybridized carbons (Fsp3) is 0.688. The largest absolute Gasteiger partial charge is 0.480 e. The van der Waals surface area contributed by atoms with Gasteiger partial charge in [0.15, 0.2) is 8.93 Å². The van der Waals surface area contributed by atoms with Gasteiger partial charge in [-0.2, -0.15) is 0 Å². The highest BCUT2D eigenvalue weighted by Crippen LogP contribution is 2.60. The van der Waals surface area contributed by atoms with Crippen molar-refractivity contribution in [3.05, 3.63) is 11.9 Å². The number of halogens is 2. The maximum absolute atomic E-state index is 12.5. The van der Waals surface area contributed by atoms with Crippen LogP contribution in [-0.4, -0.2) is 68.2 Å². The first-order chi connectivity index (χ1) is 12.9. The summed E-state index contributed by atoms with van der Waals surface area (Å²) in [7, 11) is 0. The van der Waals surface area contributed by atoms with E-state index in [2.05, 4.69) is 61.3 Å². The number of aromatic nitrogens is 3. The van der Waals surface area contributed by atoms with Crippen molar-refractivity contribution in [3.8, 4) is 0 Å². The van der Waals surface area contributed by atoms with E-state index in [9.17, 15) is 19.5 Å². The van der Waals surface area contributed by atoms with E-state index in [0.717, 1.165) is 0 Å². The van der Waals surface area contributed by atoms with E-state index in [1.807, 2.05) is 4.90 Å². The summed E-state index contributed by atoms with van der Waals surface area (Å²) in [5.41, 5.74) is 0.0390. The molecule has 2 aliphatic heterocycles. The van der Waals surface area contributed by atoms with Crippen LogP contribution in [0.5, 0.6) is 0 Å². The maximum Gasteiger partial charge on any atom is 0.326 e. The van der Waals surface area contributed by atoms with Gasteiger partial charge in [-0.05, 0) is 19.8 Å². The molecule has 1 aromatic rings. The van der Waals surface area contributed by atoms with E-state index in [1.54, 1.807) is 25.6 Å². The molecule has 154 valence electrons. The highest BCUT2D eigenvalue weighted by atomic mass is 79.9. The molecule has 0 aliphatic carbocycles. The minimum atomic E-state index is -1.10. The molecular formula is C16H21Br2N5O4S. The SMILES string of the molecule is CC(C)[C@H](NC(=O)c1cn(C[C@@H]2N3C(=O)C(Br)(Br)[C@H]3SC2(C)C)nn1)C(=O)O. The van der Waals surface area contributed by atoms with Gasteiger partial charge in [0.05, 0.1) is 18.8 Å². The summed E-state index contributed by atoms with van der Waals surface area (Å²) < 4.78 is 0.558. The molecule has 2 saturated heterocycles. The third-order valence-corrected chi connectivity index (χ3v) is 8.82. The summed E-state index contributed by atoms with van der Waals surface area (Å²) in [6.07, 6.45) is 1.47. The molecule has 2 amide bonds. The van der Waals surface area contributed by atoms with Crippen LogP contribution in [-0.2, 0) is 16.1 Å².